The fourth-order valence-electron chi connectivity index (χ4n) is 2.99. The standard InChI is InChI=1S/C20H14N2O/c1-13-8-14-4-2-6-21-19(14)10-17(13)18-11-20-15(5-3-7-22-20)9-16(18)12-23/h2-12H,1H3. The quantitative estimate of drug-likeness (QED) is 0.509. The minimum absolute atomic E-state index is 0.670. The van der Waals surface area contributed by atoms with Gasteiger partial charge in [0.25, 0.3) is 0 Å². The van der Waals surface area contributed by atoms with Crippen molar-refractivity contribution in [1.82, 2.24) is 9.97 Å². The van der Waals surface area contributed by atoms with Crippen LogP contribution in [-0.2, 0) is 0 Å². The summed E-state index contributed by atoms with van der Waals surface area (Å²) in [5.74, 6) is 0. The molecule has 0 radical (unpaired) electrons. The van der Waals surface area contributed by atoms with Crippen molar-refractivity contribution in [3.63, 3.8) is 0 Å². The van der Waals surface area contributed by atoms with Crippen molar-refractivity contribution in [2.45, 2.75) is 6.92 Å². The number of aldehydes is 1. The van der Waals surface area contributed by atoms with Crippen molar-refractivity contribution < 1.29 is 4.79 Å². The molecular formula is C20H14N2O. The van der Waals surface area contributed by atoms with Crippen LogP contribution in [0.5, 0.6) is 0 Å². The first-order chi connectivity index (χ1) is 11.3. The van der Waals surface area contributed by atoms with Gasteiger partial charge < -0.3 is 0 Å². The molecule has 0 spiro atoms. The van der Waals surface area contributed by atoms with E-state index in [4.69, 9.17) is 0 Å². The van der Waals surface area contributed by atoms with Crippen LogP contribution in [0.25, 0.3) is 32.9 Å². The average molecular weight is 298 g/mol. The number of fused-ring (bicyclic) bond motifs is 2. The van der Waals surface area contributed by atoms with E-state index >= 15 is 0 Å². The number of aryl methyl sites for hydroxylation is 1. The van der Waals surface area contributed by atoms with Gasteiger partial charge in [-0.15, -0.1) is 0 Å². The fraction of sp³-hybridized carbons (Fsp3) is 0.0500. The first-order valence-corrected chi connectivity index (χ1v) is 7.46. The van der Waals surface area contributed by atoms with Gasteiger partial charge >= 0.3 is 0 Å². The van der Waals surface area contributed by atoms with Gasteiger partial charge in [-0.05, 0) is 60.0 Å². The molecule has 0 bridgehead atoms. The molecule has 0 saturated carbocycles. The average Bonchev–Trinajstić information content (AvgIpc) is 2.60. The van der Waals surface area contributed by atoms with E-state index in [1.165, 1.54) is 0 Å². The third kappa shape index (κ3) is 2.27. The number of benzene rings is 2. The predicted octanol–water partition coefficient (Wildman–Crippen LogP) is 4.57. The van der Waals surface area contributed by atoms with Crippen LogP contribution in [0.4, 0.5) is 0 Å². The predicted molar refractivity (Wildman–Crippen MR) is 92.6 cm³/mol. The van der Waals surface area contributed by atoms with E-state index in [-0.39, 0.29) is 0 Å². The van der Waals surface area contributed by atoms with E-state index in [9.17, 15) is 4.79 Å². The second kappa shape index (κ2) is 5.29. The van der Waals surface area contributed by atoms with E-state index in [1.807, 2.05) is 42.5 Å². The molecule has 0 N–H and O–H groups in total. The van der Waals surface area contributed by atoms with Gasteiger partial charge in [-0.25, -0.2) is 0 Å². The van der Waals surface area contributed by atoms with E-state index in [1.54, 1.807) is 12.4 Å². The summed E-state index contributed by atoms with van der Waals surface area (Å²) in [6, 6.07) is 15.8. The molecule has 2 aromatic heterocycles. The lowest BCUT2D eigenvalue weighted by Crippen LogP contribution is -1.93. The Morgan fingerprint density at radius 2 is 1.43 bits per heavy atom. The van der Waals surface area contributed by atoms with Gasteiger partial charge in [0.2, 0.25) is 0 Å². The number of rotatable bonds is 2. The Morgan fingerprint density at radius 1 is 0.826 bits per heavy atom. The Bertz CT molecular complexity index is 1050. The minimum Gasteiger partial charge on any atom is -0.298 e. The molecule has 0 aliphatic heterocycles. The lowest BCUT2D eigenvalue weighted by molar-refractivity contribution is 0.112. The van der Waals surface area contributed by atoms with Crippen LogP contribution in [-0.4, -0.2) is 16.3 Å². The van der Waals surface area contributed by atoms with E-state index in [0.29, 0.717) is 5.56 Å². The molecule has 110 valence electrons. The van der Waals surface area contributed by atoms with Gasteiger partial charge in [0.15, 0.2) is 6.29 Å². The number of hydrogen-bond donors (Lipinski definition) is 0. The Hall–Kier alpha value is -3.07. The topological polar surface area (TPSA) is 42.9 Å². The van der Waals surface area contributed by atoms with Crippen molar-refractivity contribution in [2.75, 3.05) is 0 Å². The summed E-state index contributed by atoms with van der Waals surface area (Å²) in [6.07, 6.45) is 4.45. The smallest absolute Gasteiger partial charge is 0.150 e. The maximum Gasteiger partial charge on any atom is 0.150 e. The molecule has 4 rings (SSSR count). The zero-order chi connectivity index (χ0) is 15.8. The molecule has 0 amide bonds. The number of carbonyl (C=O) groups is 1. The Balaban J connectivity index is 2.04. The van der Waals surface area contributed by atoms with Crippen molar-refractivity contribution in [3.05, 3.63) is 72.1 Å². The maximum atomic E-state index is 11.6. The summed E-state index contributed by atoms with van der Waals surface area (Å²) in [5, 5.41) is 2.07. The highest BCUT2D eigenvalue weighted by Gasteiger charge is 2.11. The number of nitrogens with zero attached hydrogens (tertiary/aromatic N) is 2. The van der Waals surface area contributed by atoms with Crippen LogP contribution >= 0.6 is 0 Å². The summed E-state index contributed by atoms with van der Waals surface area (Å²) < 4.78 is 0. The van der Waals surface area contributed by atoms with Crippen LogP contribution < -0.4 is 0 Å². The highest BCUT2D eigenvalue weighted by molar-refractivity contribution is 5.98. The minimum atomic E-state index is 0.670. The molecule has 0 saturated heterocycles. The van der Waals surface area contributed by atoms with Crippen LogP contribution in [0.15, 0.2) is 60.9 Å². The van der Waals surface area contributed by atoms with Gasteiger partial charge in [-0.1, -0.05) is 12.1 Å². The van der Waals surface area contributed by atoms with Crippen LogP contribution in [0.1, 0.15) is 15.9 Å². The van der Waals surface area contributed by atoms with Crippen molar-refractivity contribution in [2.24, 2.45) is 0 Å². The summed E-state index contributed by atoms with van der Waals surface area (Å²) in [6.45, 7) is 2.05. The largest absolute Gasteiger partial charge is 0.298 e. The molecule has 3 heteroatoms. The zero-order valence-corrected chi connectivity index (χ0v) is 12.7. The van der Waals surface area contributed by atoms with Crippen molar-refractivity contribution in [1.29, 1.82) is 0 Å². The Morgan fingerprint density at radius 3 is 2.09 bits per heavy atom. The summed E-state index contributed by atoms with van der Waals surface area (Å²) in [5.41, 5.74) is 5.51. The summed E-state index contributed by atoms with van der Waals surface area (Å²) in [4.78, 5) is 20.4. The molecule has 23 heavy (non-hydrogen) atoms. The third-order valence-corrected chi connectivity index (χ3v) is 4.14. The number of aromatic nitrogens is 2. The fourth-order valence-corrected chi connectivity index (χ4v) is 2.99. The molecule has 0 atom stereocenters. The maximum absolute atomic E-state index is 11.6. The second-order valence-corrected chi connectivity index (χ2v) is 5.62. The number of hydrogen-bond acceptors (Lipinski definition) is 3. The van der Waals surface area contributed by atoms with Gasteiger partial charge in [0.05, 0.1) is 11.0 Å². The van der Waals surface area contributed by atoms with Crippen LogP contribution in [0.3, 0.4) is 0 Å². The van der Waals surface area contributed by atoms with Crippen LogP contribution in [0, 0.1) is 6.92 Å². The molecule has 0 aliphatic carbocycles. The van der Waals surface area contributed by atoms with Crippen LogP contribution in [0.2, 0.25) is 0 Å². The molecule has 0 fully saturated rings. The van der Waals surface area contributed by atoms with Gasteiger partial charge in [-0.3, -0.25) is 14.8 Å². The molecule has 2 aromatic carbocycles. The zero-order valence-electron chi connectivity index (χ0n) is 12.7. The van der Waals surface area contributed by atoms with Gasteiger partial charge in [-0.2, -0.15) is 0 Å². The second-order valence-electron chi connectivity index (χ2n) is 5.62. The lowest BCUT2D eigenvalue weighted by atomic mass is 9.93. The molecule has 3 nitrogen and oxygen atoms in total. The molecule has 0 aliphatic rings. The number of pyridine rings is 2. The lowest BCUT2D eigenvalue weighted by Gasteiger charge is -2.11. The Kier molecular flexibility index (Phi) is 3.12. The summed E-state index contributed by atoms with van der Waals surface area (Å²) >= 11 is 0. The van der Waals surface area contributed by atoms with Crippen molar-refractivity contribution >= 4 is 28.1 Å². The van der Waals surface area contributed by atoms with Gasteiger partial charge in [0, 0.05) is 28.7 Å². The van der Waals surface area contributed by atoms with Crippen molar-refractivity contribution in [3.8, 4) is 11.1 Å². The highest BCUT2D eigenvalue weighted by Crippen LogP contribution is 2.31. The van der Waals surface area contributed by atoms with E-state index < -0.39 is 0 Å². The summed E-state index contributed by atoms with van der Waals surface area (Å²) in [7, 11) is 0. The molecule has 2 heterocycles. The van der Waals surface area contributed by atoms with Gasteiger partial charge in [0.1, 0.15) is 0 Å². The third-order valence-electron chi connectivity index (χ3n) is 4.14. The molecule has 0 unspecified atom stereocenters. The SMILES string of the molecule is Cc1cc2cccnc2cc1-c1cc2ncccc2cc1C=O. The normalized spacial score (nSPS) is 11.0. The molecular weight excluding hydrogens is 284 g/mol. The monoisotopic (exact) mass is 298 g/mol. The van der Waals surface area contributed by atoms with E-state index in [0.717, 1.165) is 44.8 Å². The number of carbonyl (C=O) groups excluding carboxylic acids is 1. The molecule has 4 aromatic rings. The first-order valence-electron chi connectivity index (χ1n) is 7.46. The van der Waals surface area contributed by atoms with E-state index in [2.05, 4.69) is 23.0 Å². The first kappa shape index (κ1) is 13.6. The highest BCUT2D eigenvalue weighted by atomic mass is 16.1. The Labute approximate surface area is 133 Å².